The molecule has 2 rings (SSSR count). The Labute approximate surface area is 117 Å². The molecule has 0 spiro atoms. The van der Waals surface area contributed by atoms with Crippen molar-refractivity contribution in [2.75, 3.05) is 39.3 Å². The van der Waals surface area contributed by atoms with Crippen LogP contribution in [-0.4, -0.2) is 61.1 Å². The Morgan fingerprint density at radius 3 is 2.37 bits per heavy atom. The van der Waals surface area contributed by atoms with E-state index in [1.54, 1.807) is 0 Å². The molecule has 110 valence electrons. The van der Waals surface area contributed by atoms with Gasteiger partial charge in [-0.3, -0.25) is 4.79 Å². The van der Waals surface area contributed by atoms with Crippen molar-refractivity contribution in [1.29, 1.82) is 0 Å². The summed E-state index contributed by atoms with van der Waals surface area (Å²) in [4.78, 5) is 16.8. The van der Waals surface area contributed by atoms with E-state index in [2.05, 4.69) is 23.6 Å². The lowest BCUT2D eigenvalue weighted by Crippen LogP contribution is -2.42. The first-order chi connectivity index (χ1) is 9.16. The van der Waals surface area contributed by atoms with E-state index >= 15 is 0 Å². The lowest BCUT2D eigenvalue weighted by Gasteiger charge is -2.33. The fourth-order valence-corrected chi connectivity index (χ4v) is 3.02. The summed E-state index contributed by atoms with van der Waals surface area (Å²) in [5.74, 6) is 0.691. The number of likely N-dealkylation sites (tertiary alicyclic amines) is 2. The normalized spacial score (nSPS) is 22.4. The summed E-state index contributed by atoms with van der Waals surface area (Å²) in [6, 6.07) is 0. The number of amides is 1. The second-order valence-corrected chi connectivity index (χ2v) is 6.07. The zero-order valence-corrected chi connectivity index (χ0v) is 12.4. The molecule has 0 saturated carbocycles. The maximum atomic E-state index is 12.3. The molecule has 0 aromatic heterocycles. The fourth-order valence-electron chi connectivity index (χ4n) is 3.02. The first-order valence-electron chi connectivity index (χ1n) is 7.79. The van der Waals surface area contributed by atoms with E-state index in [0.717, 1.165) is 52.2 Å². The highest BCUT2D eigenvalue weighted by atomic mass is 16.5. The predicted octanol–water partition coefficient (Wildman–Crippen LogP) is 1.75. The van der Waals surface area contributed by atoms with Gasteiger partial charge in [0.2, 0.25) is 5.91 Å². The zero-order valence-electron chi connectivity index (χ0n) is 12.4. The molecule has 2 aliphatic rings. The minimum Gasteiger partial charge on any atom is -0.377 e. The monoisotopic (exact) mass is 268 g/mol. The topological polar surface area (TPSA) is 32.8 Å². The number of carbonyl (C=O) groups is 1. The van der Waals surface area contributed by atoms with Gasteiger partial charge in [0.25, 0.3) is 0 Å². The molecule has 4 nitrogen and oxygen atoms in total. The molecule has 4 heteroatoms. The molecule has 19 heavy (non-hydrogen) atoms. The first kappa shape index (κ1) is 14.8. The molecule has 0 N–H and O–H groups in total. The summed E-state index contributed by atoms with van der Waals surface area (Å²) in [5, 5.41) is 0. The van der Waals surface area contributed by atoms with Crippen molar-refractivity contribution in [3.8, 4) is 0 Å². The van der Waals surface area contributed by atoms with Crippen molar-refractivity contribution in [3.05, 3.63) is 0 Å². The van der Waals surface area contributed by atoms with E-state index in [9.17, 15) is 4.79 Å². The molecule has 2 fully saturated rings. The van der Waals surface area contributed by atoms with Crippen molar-refractivity contribution in [2.45, 2.75) is 45.6 Å². The van der Waals surface area contributed by atoms with E-state index in [1.807, 2.05) is 0 Å². The van der Waals surface area contributed by atoms with Gasteiger partial charge in [-0.1, -0.05) is 0 Å². The third-order valence-electron chi connectivity index (χ3n) is 4.21. The third kappa shape index (κ3) is 4.46. The number of hydrogen-bond acceptors (Lipinski definition) is 3. The maximum Gasteiger partial charge on any atom is 0.225 e. The number of hydrogen-bond donors (Lipinski definition) is 0. The molecule has 0 aromatic carbocycles. The summed E-state index contributed by atoms with van der Waals surface area (Å²) in [7, 11) is 0. The molecule has 0 bridgehead atoms. The number of carbonyl (C=O) groups excluding carboxylic acids is 1. The van der Waals surface area contributed by atoms with Crippen molar-refractivity contribution < 1.29 is 9.53 Å². The summed E-state index contributed by atoms with van der Waals surface area (Å²) in [5.41, 5.74) is 0. The molecular weight excluding hydrogens is 240 g/mol. The quantitative estimate of drug-likeness (QED) is 0.761. The Kier molecular flexibility index (Phi) is 5.64. The maximum absolute atomic E-state index is 12.3. The second-order valence-electron chi connectivity index (χ2n) is 6.07. The molecule has 2 aliphatic heterocycles. The molecule has 0 aromatic rings. The van der Waals surface area contributed by atoms with Crippen molar-refractivity contribution in [2.24, 2.45) is 5.92 Å². The van der Waals surface area contributed by atoms with Crippen LogP contribution in [0.1, 0.15) is 39.5 Å². The Balaban J connectivity index is 1.65. The van der Waals surface area contributed by atoms with Gasteiger partial charge in [0.05, 0.1) is 12.7 Å². The Morgan fingerprint density at radius 1 is 1.16 bits per heavy atom. The Bertz CT molecular complexity index is 280. The zero-order chi connectivity index (χ0) is 13.7. The van der Waals surface area contributed by atoms with Gasteiger partial charge in [0.1, 0.15) is 0 Å². The average molecular weight is 268 g/mol. The summed E-state index contributed by atoms with van der Waals surface area (Å²) in [6.07, 6.45) is 4.75. The highest BCUT2D eigenvalue weighted by Gasteiger charge is 2.29. The summed E-state index contributed by atoms with van der Waals surface area (Å²) in [6.45, 7) is 10.0. The molecule has 0 unspecified atom stereocenters. The van der Waals surface area contributed by atoms with Crippen LogP contribution in [0.3, 0.4) is 0 Å². The molecule has 0 atom stereocenters. The van der Waals surface area contributed by atoms with Crippen molar-refractivity contribution >= 4 is 5.91 Å². The highest BCUT2D eigenvalue weighted by molar-refractivity contribution is 5.79. The third-order valence-corrected chi connectivity index (χ3v) is 4.21. The van der Waals surface area contributed by atoms with Crippen molar-refractivity contribution in [1.82, 2.24) is 9.80 Å². The number of rotatable bonds is 5. The standard InChI is InChI=1S/C15H28N2O2/c1-13(2)19-12-11-16-9-5-14(6-10-16)15(18)17-7-3-4-8-17/h13-14H,3-12H2,1-2H3. The van der Waals surface area contributed by atoms with E-state index in [-0.39, 0.29) is 5.92 Å². The van der Waals surface area contributed by atoms with Gasteiger partial charge < -0.3 is 14.5 Å². The lowest BCUT2D eigenvalue weighted by atomic mass is 9.95. The number of piperidine rings is 1. The molecular formula is C15H28N2O2. The van der Waals surface area contributed by atoms with Crippen LogP contribution in [0.2, 0.25) is 0 Å². The number of ether oxygens (including phenoxy) is 1. The van der Waals surface area contributed by atoms with E-state index in [4.69, 9.17) is 4.74 Å². The van der Waals surface area contributed by atoms with Crippen LogP contribution >= 0.6 is 0 Å². The largest absolute Gasteiger partial charge is 0.377 e. The SMILES string of the molecule is CC(C)OCCN1CCC(C(=O)N2CCCC2)CC1. The summed E-state index contributed by atoms with van der Waals surface area (Å²) < 4.78 is 5.58. The lowest BCUT2D eigenvalue weighted by molar-refractivity contribution is -0.136. The van der Waals surface area contributed by atoms with Gasteiger partial charge in [-0.25, -0.2) is 0 Å². The summed E-state index contributed by atoms with van der Waals surface area (Å²) >= 11 is 0. The molecule has 1 amide bonds. The van der Waals surface area contributed by atoms with E-state index in [1.165, 1.54) is 12.8 Å². The van der Waals surface area contributed by atoms with Crippen LogP contribution in [0.25, 0.3) is 0 Å². The average Bonchev–Trinajstić information content (AvgIpc) is 2.92. The highest BCUT2D eigenvalue weighted by Crippen LogP contribution is 2.21. The fraction of sp³-hybridized carbons (Fsp3) is 0.933. The van der Waals surface area contributed by atoms with Crippen molar-refractivity contribution in [3.63, 3.8) is 0 Å². The van der Waals surface area contributed by atoms with Gasteiger partial charge in [-0.2, -0.15) is 0 Å². The predicted molar refractivity (Wildman–Crippen MR) is 76.1 cm³/mol. The van der Waals surface area contributed by atoms with Crippen LogP contribution in [0.15, 0.2) is 0 Å². The minimum absolute atomic E-state index is 0.278. The molecule has 0 radical (unpaired) electrons. The Morgan fingerprint density at radius 2 is 1.79 bits per heavy atom. The van der Waals surface area contributed by atoms with Gasteiger partial charge in [-0.05, 0) is 52.6 Å². The smallest absolute Gasteiger partial charge is 0.225 e. The van der Waals surface area contributed by atoms with Gasteiger partial charge in [0.15, 0.2) is 0 Å². The molecule has 2 saturated heterocycles. The minimum atomic E-state index is 0.278. The van der Waals surface area contributed by atoms with Gasteiger partial charge >= 0.3 is 0 Å². The van der Waals surface area contributed by atoms with Crippen LogP contribution in [-0.2, 0) is 9.53 Å². The van der Waals surface area contributed by atoms with Crippen LogP contribution < -0.4 is 0 Å². The first-order valence-corrected chi connectivity index (χ1v) is 7.79. The molecule has 2 heterocycles. The second kappa shape index (κ2) is 7.25. The van der Waals surface area contributed by atoms with Gasteiger partial charge in [-0.15, -0.1) is 0 Å². The Hall–Kier alpha value is -0.610. The van der Waals surface area contributed by atoms with Crippen LogP contribution in [0, 0.1) is 5.92 Å². The van der Waals surface area contributed by atoms with Crippen LogP contribution in [0.5, 0.6) is 0 Å². The van der Waals surface area contributed by atoms with Crippen LogP contribution in [0.4, 0.5) is 0 Å². The number of nitrogens with zero attached hydrogens (tertiary/aromatic N) is 2. The van der Waals surface area contributed by atoms with E-state index < -0.39 is 0 Å². The van der Waals surface area contributed by atoms with E-state index in [0.29, 0.717) is 12.0 Å². The molecule has 0 aliphatic carbocycles. The van der Waals surface area contributed by atoms with Gasteiger partial charge in [0, 0.05) is 25.6 Å².